The fourth-order valence-electron chi connectivity index (χ4n) is 2.82. The summed E-state index contributed by atoms with van der Waals surface area (Å²) >= 11 is 0. The van der Waals surface area contributed by atoms with Gasteiger partial charge in [-0.15, -0.1) is 0 Å². The maximum Gasteiger partial charge on any atom is 0.417 e. The number of alkyl halides is 3. The van der Waals surface area contributed by atoms with Crippen LogP contribution in [-0.4, -0.2) is 4.57 Å². The van der Waals surface area contributed by atoms with Crippen molar-refractivity contribution in [2.24, 2.45) is 5.92 Å². The molecule has 1 aromatic carbocycles. The van der Waals surface area contributed by atoms with Crippen LogP contribution in [-0.2, 0) is 19.1 Å². The van der Waals surface area contributed by atoms with Crippen LogP contribution in [0, 0.1) is 5.92 Å². The average molecular weight is 339 g/mol. The Hall–Kier alpha value is -1.78. The van der Waals surface area contributed by atoms with Gasteiger partial charge >= 0.3 is 6.18 Å². The Morgan fingerprint density at radius 1 is 1.17 bits per heavy atom. The molecule has 1 heterocycles. The topological polar surface area (TPSA) is 22.0 Å². The fraction of sp³-hybridized carbons (Fsp3) is 0.526. The van der Waals surface area contributed by atoms with Crippen molar-refractivity contribution < 1.29 is 13.2 Å². The van der Waals surface area contributed by atoms with Crippen molar-refractivity contribution >= 4 is 10.9 Å². The van der Waals surface area contributed by atoms with Crippen LogP contribution in [0.1, 0.15) is 51.2 Å². The Kier molecular flexibility index (Phi) is 5.73. The van der Waals surface area contributed by atoms with E-state index in [0.29, 0.717) is 18.0 Å². The van der Waals surface area contributed by atoms with Crippen molar-refractivity contribution in [3.8, 4) is 0 Å². The molecule has 0 saturated heterocycles. The quantitative estimate of drug-likeness (QED) is 0.690. The molecular weight excluding hydrogens is 315 g/mol. The van der Waals surface area contributed by atoms with Crippen molar-refractivity contribution in [1.29, 1.82) is 0 Å². The number of aromatic nitrogens is 1. The predicted molar refractivity (Wildman–Crippen MR) is 91.3 cm³/mol. The molecule has 0 fully saturated rings. The van der Waals surface area contributed by atoms with Gasteiger partial charge in [-0.05, 0) is 42.9 Å². The van der Waals surface area contributed by atoms with Crippen LogP contribution in [0.5, 0.6) is 0 Å². The molecule has 2 rings (SSSR count). The summed E-state index contributed by atoms with van der Waals surface area (Å²) < 4.78 is 41.6. The lowest BCUT2D eigenvalue weighted by Crippen LogP contribution is -2.23. The van der Waals surface area contributed by atoms with Gasteiger partial charge < -0.3 is 4.57 Å². The van der Waals surface area contributed by atoms with E-state index >= 15 is 0 Å². The number of hydrogen-bond donors (Lipinski definition) is 0. The lowest BCUT2D eigenvalue weighted by molar-refractivity contribution is -0.136. The van der Waals surface area contributed by atoms with Gasteiger partial charge in [0.15, 0.2) is 0 Å². The SMILES string of the molecule is CCCCn1c(=O)cc(C(F)(F)F)c2cc(CCC(C)C)ccc21. The van der Waals surface area contributed by atoms with Gasteiger partial charge in [0, 0.05) is 18.0 Å². The first-order valence-corrected chi connectivity index (χ1v) is 8.47. The van der Waals surface area contributed by atoms with Gasteiger partial charge in [-0.25, -0.2) is 0 Å². The smallest absolute Gasteiger partial charge is 0.308 e. The zero-order chi connectivity index (χ0) is 17.9. The number of aryl methyl sites for hydroxylation is 2. The molecule has 0 radical (unpaired) electrons. The molecule has 2 nitrogen and oxygen atoms in total. The second-order valence-corrected chi connectivity index (χ2v) is 6.68. The molecular formula is C19H24F3NO. The molecule has 132 valence electrons. The van der Waals surface area contributed by atoms with Crippen LogP contribution in [0.15, 0.2) is 29.1 Å². The van der Waals surface area contributed by atoms with Crippen LogP contribution >= 0.6 is 0 Å². The highest BCUT2D eigenvalue weighted by Gasteiger charge is 2.34. The summed E-state index contributed by atoms with van der Waals surface area (Å²) in [7, 11) is 0. The normalized spacial score (nSPS) is 12.3. The summed E-state index contributed by atoms with van der Waals surface area (Å²) in [6.45, 7) is 6.60. The number of benzene rings is 1. The maximum absolute atomic E-state index is 13.4. The number of rotatable bonds is 6. The van der Waals surface area contributed by atoms with Crippen LogP contribution in [0.2, 0.25) is 0 Å². The summed E-state index contributed by atoms with van der Waals surface area (Å²) in [6.07, 6.45) is -1.24. The molecule has 0 bridgehead atoms. The first-order chi connectivity index (χ1) is 11.2. The Balaban J connectivity index is 2.62. The van der Waals surface area contributed by atoms with Gasteiger partial charge in [0.05, 0.1) is 11.1 Å². The van der Waals surface area contributed by atoms with E-state index in [1.165, 1.54) is 4.57 Å². The number of unbranched alkanes of at least 4 members (excludes halogenated alkanes) is 1. The molecule has 0 aliphatic heterocycles. The van der Waals surface area contributed by atoms with E-state index in [-0.39, 0.29) is 5.39 Å². The highest BCUT2D eigenvalue weighted by Crippen LogP contribution is 2.34. The van der Waals surface area contributed by atoms with Crippen LogP contribution in [0.3, 0.4) is 0 Å². The third kappa shape index (κ3) is 4.19. The minimum Gasteiger partial charge on any atom is -0.308 e. The van der Waals surface area contributed by atoms with Crippen molar-refractivity contribution in [1.82, 2.24) is 4.57 Å². The van der Waals surface area contributed by atoms with E-state index in [2.05, 4.69) is 13.8 Å². The lowest BCUT2D eigenvalue weighted by atomic mass is 9.99. The summed E-state index contributed by atoms with van der Waals surface area (Å²) in [6, 6.07) is 5.84. The number of halogens is 3. The summed E-state index contributed by atoms with van der Waals surface area (Å²) in [5.41, 5.74) is -0.168. The monoisotopic (exact) mass is 339 g/mol. The number of hydrogen-bond acceptors (Lipinski definition) is 1. The number of nitrogens with zero attached hydrogens (tertiary/aromatic N) is 1. The Morgan fingerprint density at radius 3 is 2.46 bits per heavy atom. The standard InChI is InChI=1S/C19H24F3NO/c1-4-5-10-23-17-9-8-14(7-6-13(2)3)11-15(17)16(12-18(23)24)19(20,21)22/h8-9,11-13H,4-7,10H2,1-3H3. The zero-order valence-corrected chi connectivity index (χ0v) is 14.4. The molecule has 5 heteroatoms. The Labute approximate surface area is 140 Å². The average Bonchev–Trinajstić information content (AvgIpc) is 2.50. The number of pyridine rings is 1. The molecule has 0 aliphatic carbocycles. The molecule has 0 aliphatic rings. The highest BCUT2D eigenvalue weighted by molar-refractivity contribution is 5.84. The second-order valence-electron chi connectivity index (χ2n) is 6.68. The molecule has 2 aromatic rings. The molecule has 0 saturated carbocycles. The molecule has 0 atom stereocenters. The Morgan fingerprint density at radius 2 is 1.88 bits per heavy atom. The molecule has 24 heavy (non-hydrogen) atoms. The molecule has 0 spiro atoms. The van der Waals surface area contributed by atoms with Gasteiger partial charge in [-0.2, -0.15) is 13.2 Å². The van der Waals surface area contributed by atoms with Crippen molar-refractivity contribution in [3.63, 3.8) is 0 Å². The van der Waals surface area contributed by atoms with Gasteiger partial charge in [-0.3, -0.25) is 4.79 Å². The third-order valence-electron chi connectivity index (χ3n) is 4.23. The maximum atomic E-state index is 13.4. The van der Waals surface area contributed by atoms with Crippen molar-refractivity contribution in [2.45, 2.75) is 59.2 Å². The van der Waals surface area contributed by atoms with Gasteiger partial charge in [0.1, 0.15) is 0 Å². The highest BCUT2D eigenvalue weighted by atomic mass is 19.4. The van der Waals surface area contributed by atoms with Crippen LogP contribution in [0.4, 0.5) is 13.2 Å². The van der Waals surface area contributed by atoms with E-state index in [1.807, 2.05) is 13.0 Å². The summed E-state index contributed by atoms with van der Waals surface area (Å²) in [5, 5.41) is 0.124. The van der Waals surface area contributed by atoms with E-state index in [0.717, 1.165) is 37.3 Å². The van der Waals surface area contributed by atoms with E-state index in [9.17, 15) is 18.0 Å². The van der Waals surface area contributed by atoms with Gasteiger partial charge in [0.2, 0.25) is 0 Å². The molecule has 0 N–H and O–H groups in total. The van der Waals surface area contributed by atoms with Crippen LogP contribution in [0.25, 0.3) is 10.9 Å². The predicted octanol–water partition coefficient (Wildman–Crippen LogP) is 5.41. The third-order valence-corrected chi connectivity index (χ3v) is 4.23. The molecule has 0 amide bonds. The van der Waals surface area contributed by atoms with Gasteiger partial charge in [-0.1, -0.05) is 33.3 Å². The van der Waals surface area contributed by atoms with E-state index < -0.39 is 17.3 Å². The first kappa shape index (κ1) is 18.6. The fourth-order valence-corrected chi connectivity index (χ4v) is 2.82. The minimum atomic E-state index is -4.53. The summed E-state index contributed by atoms with van der Waals surface area (Å²) in [4.78, 5) is 12.2. The van der Waals surface area contributed by atoms with Gasteiger partial charge in [0.25, 0.3) is 5.56 Å². The second kappa shape index (κ2) is 7.41. The number of fused-ring (bicyclic) bond motifs is 1. The summed E-state index contributed by atoms with van der Waals surface area (Å²) in [5.74, 6) is 0.487. The lowest BCUT2D eigenvalue weighted by Gasteiger charge is -2.16. The zero-order valence-electron chi connectivity index (χ0n) is 14.4. The van der Waals surface area contributed by atoms with Crippen molar-refractivity contribution in [3.05, 3.63) is 45.7 Å². The van der Waals surface area contributed by atoms with E-state index in [4.69, 9.17) is 0 Å². The molecule has 0 unspecified atom stereocenters. The van der Waals surface area contributed by atoms with Crippen LogP contribution < -0.4 is 5.56 Å². The largest absolute Gasteiger partial charge is 0.417 e. The first-order valence-electron chi connectivity index (χ1n) is 8.47. The minimum absolute atomic E-state index is 0.124. The van der Waals surface area contributed by atoms with Crippen molar-refractivity contribution in [2.75, 3.05) is 0 Å². The van der Waals surface area contributed by atoms with E-state index in [1.54, 1.807) is 12.1 Å². The Bertz CT molecular complexity index is 760. The molecule has 1 aromatic heterocycles.